The van der Waals surface area contributed by atoms with E-state index in [-0.39, 0.29) is 18.0 Å². The first-order valence-electron chi connectivity index (χ1n) is 8.77. The minimum atomic E-state index is -0.280. The van der Waals surface area contributed by atoms with E-state index in [2.05, 4.69) is 17.1 Å². The van der Waals surface area contributed by atoms with Crippen LogP contribution in [0.2, 0.25) is 0 Å². The molecule has 1 saturated carbocycles. The van der Waals surface area contributed by atoms with E-state index < -0.39 is 0 Å². The lowest BCUT2D eigenvalue weighted by Gasteiger charge is -2.38. The fourth-order valence-electron chi connectivity index (χ4n) is 3.25. The van der Waals surface area contributed by atoms with Gasteiger partial charge in [0.2, 0.25) is 0 Å². The van der Waals surface area contributed by atoms with Gasteiger partial charge in [-0.15, -0.1) is 11.3 Å². The molecule has 1 aliphatic carbocycles. The Hall–Kier alpha value is -1.87. The summed E-state index contributed by atoms with van der Waals surface area (Å²) >= 11 is 3.05. The lowest BCUT2D eigenvalue weighted by atomic mass is 10.2. The molecule has 3 heterocycles. The van der Waals surface area contributed by atoms with Gasteiger partial charge in [0.1, 0.15) is 4.83 Å². The zero-order valence-corrected chi connectivity index (χ0v) is 16.7. The first-order chi connectivity index (χ1) is 12.5. The molecular formula is C17H22N4O3S2. The van der Waals surface area contributed by atoms with E-state index in [9.17, 15) is 9.59 Å². The van der Waals surface area contributed by atoms with Crippen molar-refractivity contribution in [2.45, 2.75) is 32.4 Å². The van der Waals surface area contributed by atoms with Crippen molar-refractivity contribution in [2.24, 2.45) is 5.92 Å². The molecule has 140 valence electrons. The third kappa shape index (κ3) is 3.25. The van der Waals surface area contributed by atoms with Gasteiger partial charge in [0, 0.05) is 31.7 Å². The van der Waals surface area contributed by atoms with E-state index >= 15 is 0 Å². The Morgan fingerprint density at radius 2 is 2.08 bits per heavy atom. The number of nitrogens with one attached hydrogen (secondary N) is 1. The van der Waals surface area contributed by atoms with Crippen LogP contribution in [0.15, 0.2) is 6.07 Å². The number of thiazole rings is 1. The van der Waals surface area contributed by atoms with Crippen LogP contribution in [0.1, 0.15) is 29.9 Å². The smallest absolute Gasteiger partial charge is 0.409 e. The van der Waals surface area contributed by atoms with E-state index in [1.807, 2.05) is 13.0 Å². The van der Waals surface area contributed by atoms with Gasteiger partial charge in [-0.25, -0.2) is 9.78 Å². The molecule has 1 aliphatic heterocycles. The SMILES string of the molecule is COC(=O)N1CCN(c2nc3sc(C(=O)N[C@H]4C[C@@H]4C)cc3s2)C[C@H]1C. The van der Waals surface area contributed by atoms with Gasteiger partial charge in [0.05, 0.1) is 16.7 Å². The quantitative estimate of drug-likeness (QED) is 0.866. The van der Waals surface area contributed by atoms with Crippen LogP contribution < -0.4 is 10.2 Å². The first-order valence-corrected chi connectivity index (χ1v) is 10.4. The number of methoxy groups -OCH3 is 1. The molecule has 0 radical (unpaired) electrons. The molecule has 2 aliphatic rings. The van der Waals surface area contributed by atoms with E-state index in [0.29, 0.717) is 18.5 Å². The fourth-order valence-corrected chi connectivity index (χ4v) is 5.40. The summed E-state index contributed by atoms with van der Waals surface area (Å²) in [6, 6.07) is 2.34. The topological polar surface area (TPSA) is 74.8 Å². The Kier molecular flexibility index (Phi) is 4.52. The summed E-state index contributed by atoms with van der Waals surface area (Å²) in [5, 5.41) is 4.01. The van der Waals surface area contributed by atoms with Gasteiger partial charge in [0.25, 0.3) is 5.91 Å². The molecule has 2 amide bonds. The predicted molar refractivity (Wildman–Crippen MR) is 103 cm³/mol. The van der Waals surface area contributed by atoms with Gasteiger partial charge in [-0.2, -0.15) is 0 Å². The predicted octanol–water partition coefficient (Wildman–Crippen LogP) is 2.77. The number of nitrogens with zero attached hydrogens (tertiary/aromatic N) is 3. The molecular weight excluding hydrogens is 372 g/mol. The van der Waals surface area contributed by atoms with Crippen molar-refractivity contribution in [1.82, 2.24) is 15.2 Å². The van der Waals surface area contributed by atoms with Crippen LogP contribution in [0.3, 0.4) is 0 Å². The van der Waals surface area contributed by atoms with E-state index in [1.54, 1.807) is 16.2 Å². The molecule has 0 aromatic carbocycles. The minimum Gasteiger partial charge on any atom is -0.453 e. The highest BCUT2D eigenvalue weighted by molar-refractivity contribution is 7.29. The summed E-state index contributed by atoms with van der Waals surface area (Å²) < 4.78 is 5.87. The molecule has 2 aromatic rings. The van der Waals surface area contributed by atoms with E-state index in [0.717, 1.165) is 39.0 Å². The number of hydrogen-bond acceptors (Lipinski definition) is 7. The van der Waals surface area contributed by atoms with Crippen LogP contribution in [0.25, 0.3) is 9.53 Å². The second-order valence-electron chi connectivity index (χ2n) is 7.03. The van der Waals surface area contributed by atoms with Gasteiger partial charge in [-0.1, -0.05) is 18.3 Å². The maximum atomic E-state index is 12.3. The van der Waals surface area contributed by atoms with Crippen molar-refractivity contribution in [3.8, 4) is 0 Å². The molecule has 1 saturated heterocycles. The standard InChI is InChI=1S/C17H22N4O3S2/c1-9-6-11(9)18-14(22)12-7-13-15(25-12)19-16(26-13)20-4-5-21(10(2)8-20)17(23)24-3/h7,9-11H,4-6,8H2,1-3H3,(H,18,22)/t9-,10+,11-/m0/s1. The zero-order chi connectivity index (χ0) is 18.4. The number of carbonyl (C=O) groups is 2. The van der Waals surface area contributed by atoms with Crippen molar-refractivity contribution in [2.75, 3.05) is 31.6 Å². The highest BCUT2D eigenvalue weighted by Gasteiger charge is 2.34. The van der Waals surface area contributed by atoms with Crippen molar-refractivity contribution in [1.29, 1.82) is 0 Å². The van der Waals surface area contributed by atoms with Crippen LogP contribution in [0.4, 0.5) is 9.93 Å². The van der Waals surface area contributed by atoms with Gasteiger partial charge in [0.15, 0.2) is 5.13 Å². The number of piperazine rings is 1. The van der Waals surface area contributed by atoms with Crippen LogP contribution in [-0.2, 0) is 4.74 Å². The molecule has 4 rings (SSSR count). The number of anilines is 1. The molecule has 3 atom stereocenters. The van der Waals surface area contributed by atoms with Crippen LogP contribution in [0, 0.1) is 5.92 Å². The van der Waals surface area contributed by atoms with Gasteiger partial charge < -0.3 is 19.9 Å². The van der Waals surface area contributed by atoms with Gasteiger partial charge >= 0.3 is 6.09 Å². The number of ether oxygens (including phenoxy) is 1. The Morgan fingerprint density at radius 3 is 2.69 bits per heavy atom. The Balaban J connectivity index is 1.44. The zero-order valence-electron chi connectivity index (χ0n) is 15.0. The average molecular weight is 395 g/mol. The van der Waals surface area contributed by atoms with Crippen molar-refractivity contribution in [3.05, 3.63) is 10.9 Å². The van der Waals surface area contributed by atoms with E-state index in [1.165, 1.54) is 18.4 Å². The maximum Gasteiger partial charge on any atom is 0.409 e. The maximum absolute atomic E-state index is 12.3. The van der Waals surface area contributed by atoms with Crippen LogP contribution >= 0.6 is 22.7 Å². The highest BCUT2D eigenvalue weighted by Crippen LogP contribution is 2.36. The molecule has 2 aromatic heterocycles. The highest BCUT2D eigenvalue weighted by atomic mass is 32.1. The van der Waals surface area contributed by atoms with Gasteiger partial charge in [-0.05, 0) is 25.3 Å². The lowest BCUT2D eigenvalue weighted by molar-refractivity contribution is 0.0952. The summed E-state index contributed by atoms with van der Waals surface area (Å²) in [5.74, 6) is 0.604. The Bertz CT molecular complexity index is 817. The summed E-state index contributed by atoms with van der Waals surface area (Å²) in [4.78, 5) is 34.3. The molecule has 0 spiro atoms. The number of carbonyl (C=O) groups excluding carboxylic acids is 2. The fraction of sp³-hybridized carbons (Fsp3) is 0.588. The van der Waals surface area contributed by atoms with Crippen molar-refractivity contribution >= 4 is 49.3 Å². The second-order valence-corrected chi connectivity index (χ2v) is 9.07. The number of rotatable bonds is 3. The summed E-state index contributed by atoms with van der Waals surface area (Å²) in [6.45, 7) is 6.23. The Labute approximate surface area is 159 Å². The number of amides is 2. The summed E-state index contributed by atoms with van der Waals surface area (Å²) in [7, 11) is 1.41. The monoisotopic (exact) mass is 394 g/mol. The molecule has 9 heteroatoms. The number of aromatic nitrogens is 1. The number of thiophene rings is 1. The number of hydrogen-bond donors (Lipinski definition) is 1. The van der Waals surface area contributed by atoms with Crippen molar-refractivity contribution < 1.29 is 14.3 Å². The average Bonchev–Trinajstić information content (AvgIpc) is 3.00. The molecule has 2 fully saturated rings. The third-order valence-corrected chi connectivity index (χ3v) is 7.26. The Morgan fingerprint density at radius 1 is 1.31 bits per heavy atom. The van der Waals surface area contributed by atoms with Crippen LogP contribution in [-0.4, -0.2) is 60.7 Å². The molecule has 1 N–H and O–H groups in total. The summed E-state index contributed by atoms with van der Waals surface area (Å²) in [6.07, 6.45) is 0.793. The normalized spacial score (nSPS) is 25.4. The summed E-state index contributed by atoms with van der Waals surface area (Å²) in [5.41, 5.74) is 0. The van der Waals surface area contributed by atoms with Crippen LogP contribution in [0.5, 0.6) is 0 Å². The van der Waals surface area contributed by atoms with E-state index in [4.69, 9.17) is 9.72 Å². The largest absolute Gasteiger partial charge is 0.453 e. The number of fused-ring (bicyclic) bond motifs is 1. The second kappa shape index (κ2) is 6.70. The molecule has 0 bridgehead atoms. The molecule has 7 nitrogen and oxygen atoms in total. The van der Waals surface area contributed by atoms with Crippen molar-refractivity contribution in [3.63, 3.8) is 0 Å². The third-order valence-electron chi connectivity index (χ3n) is 5.03. The lowest BCUT2D eigenvalue weighted by Crippen LogP contribution is -2.54. The molecule has 26 heavy (non-hydrogen) atoms. The first kappa shape index (κ1) is 17.5. The minimum absolute atomic E-state index is 0.0106. The van der Waals surface area contributed by atoms with Gasteiger partial charge in [-0.3, -0.25) is 4.79 Å². The molecule has 0 unspecified atom stereocenters.